The molecule has 0 radical (unpaired) electrons. The van der Waals surface area contributed by atoms with Gasteiger partial charge in [0.05, 0.1) is 32.6 Å². The number of furan rings is 1. The number of ether oxygens (including phenoxy) is 1. The summed E-state index contributed by atoms with van der Waals surface area (Å²) < 4.78 is 12.9. The number of hydrogen-bond acceptors (Lipinski definition) is 4. The summed E-state index contributed by atoms with van der Waals surface area (Å²) in [5.74, 6) is 0.128. The van der Waals surface area contributed by atoms with Crippen LogP contribution in [0.15, 0.2) is 22.7 Å². The number of aryl methyl sites for hydroxylation is 1. The van der Waals surface area contributed by atoms with Crippen LogP contribution < -0.4 is 10.1 Å². The van der Waals surface area contributed by atoms with E-state index in [0.717, 1.165) is 5.69 Å². The molecule has 0 saturated heterocycles. The van der Waals surface area contributed by atoms with Gasteiger partial charge in [0.25, 0.3) is 5.91 Å². The van der Waals surface area contributed by atoms with Gasteiger partial charge in [-0.25, -0.2) is 0 Å². The molecule has 3 aromatic rings. The molecule has 2 aromatic heterocycles. The number of amides is 1. The second-order valence-corrected chi connectivity index (χ2v) is 7.76. The molecular formula is C18H14Cl5N3O3. The SMILES string of the molecule is CCn1ncc(NC(=O)c2ccc(COc3c(Cl)c(Cl)c(Cl)c(Cl)c3Cl)o2)c1C. The summed E-state index contributed by atoms with van der Waals surface area (Å²) in [5, 5.41) is 7.09. The third kappa shape index (κ3) is 4.47. The number of aromatic nitrogens is 2. The number of hydrogen-bond donors (Lipinski definition) is 1. The van der Waals surface area contributed by atoms with Gasteiger partial charge in [0.2, 0.25) is 0 Å². The van der Waals surface area contributed by atoms with Crippen LogP contribution in [0.2, 0.25) is 25.1 Å². The molecule has 6 nitrogen and oxygen atoms in total. The van der Waals surface area contributed by atoms with Crippen molar-refractivity contribution >= 4 is 69.6 Å². The van der Waals surface area contributed by atoms with Crippen LogP contribution in [-0.4, -0.2) is 15.7 Å². The Kier molecular flexibility index (Phi) is 6.91. The van der Waals surface area contributed by atoms with Crippen LogP contribution in [0.5, 0.6) is 5.75 Å². The van der Waals surface area contributed by atoms with E-state index in [0.29, 0.717) is 18.0 Å². The van der Waals surface area contributed by atoms with Gasteiger partial charge in [-0.15, -0.1) is 0 Å². The van der Waals surface area contributed by atoms with Gasteiger partial charge >= 0.3 is 0 Å². The summed E-state index contributed by atoms with van der Waals surface area (Å²) in [6.07, 6.45) is 1.59. The first-order valence-electron chi connectivity index (χ1n) is 8.31. The Morgan fingerprint density at radius 1 is 1.10 bits per heavy atom. The highest BCUT2D eigenvalue weighted by Gasteiger charge is 2.21. The second-order valence-electron chi connectivity index (χ2n) is 5.87. The van der Waals surface area contributed by atoms with E-state index < -0.39 is 5.91 Å². The number of benzene rings is 1. The van der Waals surface area contributed by atoms with Crippen molar-refractivity contribution in [1.82, 2.24) is 9.78 Å². The third-order valence-electron chi connectivity index (χ3n) is 4.06. The molecule has 0 saturated carbocycles. The Morgan fingerprint density at radius 3 is 2.31 bits per heavy atom. The topological polar surface area (TPSA) is 69.3 Å². The van der Waals surface area contributed by atoms with Crippen LogP contribution in [0.25, 0.3) is 0 Å². The number of carbonyl (C=O) groups is 1. The summed E-state index contributed by atoms with van der Waals surface area (Å²) >= 11 is 30.2. The predicted octanol–water partition coefficient (Wildman–Crippen LogP) is 6.90. The summed E-state index contributed by atoms with van der Waals surface area (Å²) in [7, 11) is 0. The van der Waals surface area contributed by atoms with Crippen LogP contribution in [0.3, 0.4) is 0 Å². The number of halogens is 5. The van der Waals surface area contributed by atoms with E-state index in [1.54, 1.807) is 16.9 Å². The van der Waals surface area contributed by atoms with Gasteiger partial charge < -0.3 is 14.5 Å². The molecule has 3 rings (SSSR count). The Morgan fingerprint density at radius 2 is 1.72 bits per heavy atom. The maximum atomic E-state index is 12.4. The molecular weight excluding hydrogens is 483 g/mol. The molecule has 0 aliphatic heterocycles. The number of carbonyl (C=O) groups excluding carboxylic acids is 1. The summed E-state index contributed by atoms with van der Waals surface area (Å²) in [6.45, 7) is 4.47. The Labute approximate surface area is 191 Å². The van der Waals surface area contributed by atoms with E-state index >= 15 is 0 Å². The Bertz CT molecular complexity index is 1050. The lowest BCUT2D eigenvalue weighted by atomic mass is 10.3. The molecule has 0 spiro atoms. The lowest BCUT2D eigenvalue weighted by Crippen LogP contribution is -2.11. The number of rotatable bonds is 6. The zero-order valence-corrected chi connectivity index (χ0v) is 18.9. The molecule has 1 aromatic carbocycles. The predicted molar refractivity (Wildman–Crippen MR) is 115 cm³/mol. The quantitative estimate of drug-likeness (QED) is 0.297. The van der Waals surface area contributed by atoms with E-state index in [4.69, 9.17) is 67.2 Å². The van der Waals surface area contributed by atoms with E-state index in [1.165, 1.54) is 6.07 Å². The van der Waals surface area contributed by atoms with Gasteiger partial charge in [0.1, 0.15) is 22.4 Å². The van der Waals surface area contributed by atoms with Crippen LogP contribution in [0, 0.1) is 6.92 Å². The van der Waals surface area contributed by atoms with Crippen molar-refractivity contribution in [2.75, 3.05) is 5.32 Å². The lowest BCUT2D eigenvalue weighted by Gasteiger charge is -2.12. The normalized spacial score (nSPS) is 11.0. The maximum absolute atomic E-state index is 12.4. The number of anilines is 1. The van der Waals surface area contributed by atoms with Gasteiger partial charge in [0.15, 0.2) is 11.5 Å². The smallest absolute Gasteiger partial charge is 0.291 e. The van der Waals surface area contributed by atoms with Crippen molar-refractivity contribution in [3.63, 3.8) is 0 Å². The molecule has 11 heteroatoms. The van der Waals surface area contributed by atoms with E-state index in [1.807, 2.05) is 13.8 Å². The molecule has 29 heavy (non-hydrogen) atoms. The highest BCUT2D eigenvalue weighted by Crippen LogP contribution is 2.48. The molecule has 0 atom stereocenters. The van der Waals surface area contributed by atoms with Crippen LogP contribution >= 0.6 is 58.0 Å². The molecule has 2 heterocycles. The van der Waals surface area contributed by atoms with Gasteiger partial charge in [-0.1, -0.05) is 58.0 Å². The second kappa shape index (κ2) is 9.06. The molecule has 154 valence electrons. The van der Waals surface area contributed by atoms with E-state index in [9.17, 15) is 4.79 Å². The number of nitrogens with one attached hydrogen (secondary N) is 1. The molecule has 0 unspecified atom stereocenters. The Balaban J connectivity index is 1.71. The highest BCUT2D eigenvalue weighted by atomic mass is 35.5. The summed E-state index contributed by atoms with van der Waals surface area (Å²) in [5.41, 5.74) is 1.45. The molecule has 1 N–H and O–H groups in total. The summed E-state index contributed by atoms with van der Waals surface area (Å²) in [6, 6.07) is 3.12. The van der Waals surface area contributed by atoms with Crippen LogP contribution in [0.4, 0.5) is 5.69 Å². The third-order valence-corrected chi connectivity index (χ3v) is 6.31. The van der Waals surface area contributed by atoms with E-state index in [2.05, 4.69) is 10.4 Å². The molecule has 0 aliphatic rings. The minimum Gasteiger partial charge on any atom is -0.482 e. The van der Waals surface area contributed by atoms with Gasteiger partial charge in [0, 0.05) is 6.54 Å². The zero-order chi connectivity index (χ0) is 21.3. The van der Waals surface area contributed by atoms with Crippen molar-refractivity contribution in [2.45, 2.75) is 27.0 Å². The first-order valence-corrected chi connectivity index (χ1v) is 10.2. The van der Waals surface area contributed by atoms with Gasteiger partial charge in [-0.05, 0) is 26.0 Å². The summed E-state index contributed by atoms with van der Waals surface area (Å²) in [4.78, 5) is 12.4. The van der Waals surface area contributed by atoms with Crippen LogP contribution in [0.1, 0.15) is 28.9 Å². The van der Waals surface area contributed by atoms with Crippen molar-refractivity contribution < 1.29 is 13.9 Å². The molecule has 1 amide bonds. The monoisotopic (exact) mass is 495 g/mol. The fourth-order valence-electron chi connectivity index (χ4n) is 2.50. The minimum absolute atomic E-state index is 0.0269. The van der Waals surface area contributed by atoms with Crippen molar-refractivity contribution in [3.8, 4) is 5.75 Å². The lowest BCUT2D eigenvalue weighted by molar-refractivity contribution is 0.0992. The fourth-order valence-corrected chi connectivity index (χ4v) is 3.73. The van der Waals surface area contributed by atoms with Crippen molar-refractivity contribution in [2.24, 2.45) is 0 Å². The average molecular weight is 498 g/mol. The average Bonchev–Trinajstić information content (AvgIpc) is 3.32. The largest absolute Gasteiger partial charge is 0.482 e. The Hall–Kier alpha value is -1.57. The molecule has 0 bridgehead atoms. The zero-order valence-electron chi connectivity index (χ0n) is 15.2. The molecule has 0 fully saturated rings. The first-order chi connectivity index (χ1) is 13.7. The van der Waals surface area contributed by atoms with E-state index in [-0.39, 0.29) is 43.2 Å². The fraction of sp³-hybridized carbons (Fsp3) is 0.222. The van der Waals surface area contributed by atoms with Gasteiger partial charge in [-0.3, -0.25) is 9.48 Å². The first kappa shape index (κ1) is 22.1. The maximum Gasteiger partial charge on any atom is 0.291 e. The highest BCUT2D eigenvalue weighted by molar-refractivity contribution is 6.55. The minimum atomic E-state index is -0.413. The van der Waals surface area contributed by atoms with Crippen LogP contribution in [-0.2, 0) is 13.2 Å². The van der Waals surface area contributed by atoms with Crippen molar-refractivity contribution in [3.05, 3.63) is 60.7 Å². The standard InChI is InChI=1S/C18H14Cl5N3O3/c1-3-26-8(2)10(6-24-26)25-18(27)11-5-4-9(29-11)7-28-17-15(22)13(20)12(19)14(21)16(17)23/h4-6H,3,7H2,1-2H3,(H,25,27). The van der Waals surface area contributed by atoms with Gasteiger partial charge in [-0.2, -0.15) is 5.10 Å². The number of nitrogens with zero attached hydrogens (tertiary/aromatic N) is 2. The molecule has 0 aliphatic carbocycles. The van der Waals surface area contributed by atoms with Crippen molar-refractivity contribution in [1.29, 1.82) is 0 Å².